The number of esters is 1. The number of halogens is 1. The third-order valence-electron chi connectivity index (χ3n) is 3.89. The number of carbonyl (C=O) groups excluding carboxylic acids is 2. The molecular formula is C20H22ClNO4. The summed E-state index contributed by atoms with van der Waals surface area (Å²) in [6.07, 6.45) is -0.424. The second-order valence-electron chi connectivity index (χ2n) is 5.85. The van der Waals surface area contributed by atoms with E-state index >= 15 is 0 Å². The summed E-state index contributed by atoms with van der Waals surface area (Å²) in [5.74, 6) is -0.522. The number of amides is 1. The zero-order chi connectivity index (χ0) is 19.1. The lowest BCUT2D eigenvalue weighted by Crippen LogP contribution is -2.25. The molecule has 2 aromatic carbocycles. The van der Waals surface area contributed by atoms with E-state index in [1.807, 2.05) is 31.2 Å². The van der Waals surface area contributed by atoms with E-state index in [-0.39, 0.29) is 5.91 Å². The van der Waals surface area contributed by atoms with Gasteiger partial charge in [0.15, 0.2) is 0 Å². The average molecular weight is 376 g/mol. The molecule has 2 rings (SSSR count). The lowest BCUT2D eigenvalue weighted by molar-refractivity contribution is -0.119. The van der Waals surface area contributed by atoms with Crippen LogP contribution in [0.2, 0.25) is 5.02 Å². The third-order valence-corrected chi connectivity index (χ3v) is 4.13. The summed E-state index contributed by atoms with van der Waals surface area (Å²) in [5, 5.41) is 3.30. The van der Waals surface area contributed by atoms with Crippen molar-refractivity contribution in [3.05, 3.63) is 69.7 Å². The van der Waals surface area contributed by atoms with Gasteiger partial charge in [-0.2, -0.15) is 0 Å². The summed E-state index contributed by atoms with van der Waals surface area (Å²) in [5.41, 5.74) is 3.14. The standard InChI is InChI=1S/C20H22ClNO4/c1-13-7-8-16(20(24)25-3)12-18(13)19(26-10-9-22-14(2)23)15-5-4-6-17(21)11-15/h4-8,11-12,19H,9-10H2,1-3H3,(H,22,23). The summed E-state index contributed by atoms with van der Waals surface area (Å²) >= 11 is 6.14. The van der Waals surface area contributed by atoms with Gasteiger partial charge in [0.05, 0.1) is 19.3 Å². The van der Waals surface area contributed by atoms with Crippen LogP contribution in [-0.2, 0) is 14.3 Å². The smallest absolute Gasteiger partial charge is 0.337 e. The number of nitrogens with one attached hydrogen (secondary N) is 1. The van der Waals surface area contributed by atoms with Crippen LogP contribution in [0.1, 0.15) is 40.1 Å². The van der Waals surface area contributed by atoms with Crippen LogP contribution in [0.15, 0.2) is 42.5 Å². The summed E-state index contributed by atoms with van der Waals surface area (Å²) < 4.78 is 10.9. The molecule has 0 aliphatic carbocycles. The molecule has 1 N–H and O–H groups in total. The second kappa shape index (κ2) is 9.36. The average Bonchev–Trinajstić information content (AvgIpc) is 2.61. The van der Waals surface area contributed by atoms with E-state index in [0.29, 0.717) is 23.7 Å². The molecule has 2 aromatic rings. The second-order valence-corrected chi connectivity index (χ2v) is 6.29. The minimum absolute atomic E-state index is 0.114. The summed E-state index contributed by atoms with van der Waals surface area (Å²) in [4.78, 5) is 22.9. The van der Waals surface area contributed by atoms with Gasteiger partial charge in [0.25, 0.3) is 0 Å². The Morgan fingerprint density at radius 1 is 1.19 bits per heavy atom. The first-order chi connectivity index (χ1) is 12.4. The minimum Gasteiger partial charge on any atom is -0.465 e. The Labute approximate surface area is 158 Å². The Morgan fingerprint density at radius 3 is 2.62 bits per heavy atom. The highest BCUT2D eigenvalue weighted by atomic mass is 35.5. The minimum atomic E-state index is -0.424. The Balaban J connectivity index is 2.36. The molecule has 0 bridgehead atoms. The molecule has 0 spiro atoms. The van der Waals surface area contributed by atoms with Gasteiger partial charge in [-0.25, -0.2) is 4.79 Å². The highest BCUT2D eigenvalue weighted by Gasteiger charge is 2.19. The van der Waals surface area contributed by atoms with Crippen molar-refractivity contribution in [1.29, 1.82) is 0 Å². The number of hydrogen-bond acceptors (Lipinski definition) is 4. The van der Waals surface area contributed by atoms with E-state index in [0.717, 1.165) is 16.7 Å². The molecule has 0 aliphatic rings. The predicted molar refractivity (Wildman–Crippen MR) is 100 cm³/mol. The molecule has 0 radical (unpaired) electrons. The Morgan fingerprint density at radius 2 is 1.96 bits per heavy atom. The van der Waals surface area contributed by atoms with Crippen LogP contribution in [0, 0.1) is 6.92 Å². The van der Waals surface area contributed by atoms with Gasteiger partial charge in [-0.15, -0.1) is 0 Å². The fourth-order valence-electron chi connectivity index (χ4n) is 2.61. The fourth-order valence-corrected chi connectivity index (χ4v) is 2.81. The molecule has 6 heteroatoms. The maximum Gasteiger partial charge on any atom is 0.337 e. The van der Waals surface area contributed by atoms with E-state index in [9.17, 15) is 9.59 Å². The summed E-state index contributed by atoms with van der Waals surface area (Å²) in [7, 11) is 1.35. The van der Waals surface area contributed by atoms with Crippen molar-refractivity contribution in [3.63, 3.8) is 0 Å². The van der Waals surface area contributed by atoms with Gasteiger partial charge in [-0.3, -0.25) is 4.79 Å². The molecule has 0 aliphatic heterocycles. The molecule has 0 heterocycles. The van der Waals surface area contributed by atoms with Crippen molar-refractivity contribution in [1.82, 2.24) is 5.32 Å². The molecule has 1 unspecified atom stereocenters. The predicted octanol–water partition coefficient (Wildman–Crippen LogP) is 3.68. The number of rotatable bonds is 7. The Bertz CT molecular complexity index is 791. The Hall–Kier alpha value is -2.37. The van der Waals surface area contributed by atoms with Gasteiger partial charge in [0.1, 0.15) is 6.10 Å². The van der Waals surface area contributed by atoms with Crippen LogP contribution in [0.3, 0.4) is 0 Å². The summed E-state index contributed by atoms with van der Waals surface area (Å²) in [6, 6.07) is 12.7. The first kappa shape index (κ1) is 19.9. The zero-order valence-corrected chi connectivity index (χ0v) is 15.8. The van der Waals surface area contributed by atoms with E-state index in [4.69, 9.17) is 21.1 Å². The van der Waals surface area contributed by atoms with Crippen LogP contribution < -0.4 is 5.32 Å². The maximum absolute atomic E-state index is 11.9. The number of aryl methyl sites for hydroxylation is 1. The highest BCUT2D eigenvalue weighted by Crippen LogP contribution is 2.31. The van der Waals surface area contributed by atoms with E-state index < -0.39 is 12.1 Å². The molecule has 1 amide bonds. The van der Waals surface area contributed by atoms with Crippen LogP contribution in [0.5, 0.6) is 0 Å². The van der Waals surface area contributed by atoms with Crippen LogP contribution in [0.25, 0.3) is 0 Å². The van der Waals surface area contributed by atoms with Crippen molar-refractivity contribution < 1.29 is 19.1 Å². The Kier molecular flexibility index (Phi) is 7.18. The lowest BCUT2D eigenvalue weighted by atomic mass is 9.95. The molecule has 26 heavy (non-hydrogen) atoms. The zero-order valence-electron chi connectivity index (χ0n) is 15.0. The van der Waals surface area contributed by atoms with Crippen LogP contribution >= 0.6 is 11.6 Å². The maximum atomic E-state index is 11.9. The largest absolute Gasteiger partial charge is 0.465 e. The van der Waals surface area contributed by atoms with Gasteiger partial charge < -0.3 is 14.8 Å². The number of ether oxygens (including phenoxy) is 2. The van der Waals surface area contributed by atoms with Crippen molar-refractivity contribution >= 4 is 23.5 Å². The first-order valence-electron chi connectivity index (χ1n) is 8.22. The molecule has 0 aromatic heterocycles. The molecule has 0 saturated carbocycles. The molecule has 5 nitrogen and oxygen atoms in total. The monoisotopic (exact) mass is 375 g/mol. The van der Waals surface area contributed by atoms with Crippen molar-refractivity contribution in [2.45, 2.75) is 20.0 Å². The normalized spacial score (nSPS) is 11.7. The van der Waals surface area contributed by atoms with Crippen molar-refractivity contribution in [3.8, 4) is 0 Å². The molecular weight excluding hydrogens is 354 g/mol. The molecule has 138 valence electrons. The number of carbonyl (C=O) groups is 2. The molecule has 0 fully saturated rings. The van der Waals surface area contributed by atoms with Gasteiger partial charge in [-0.05, 0) is 47.9 Å². The fraction of sp³-hybridized carbons (Fsp3) is 0.300. The lowest BCUT2D eigenvalue weighted by Gasteiger charge is -2.22. The van der Waals surface area contributed by atoms with Gasteiger partial charge >= 0.3 is 5.97 Å². The van der Waals surface area contributed by atoms with E-state index in [1.54, 1.807) is 18.2 Å². The van der Waals surface area contributed by atoms with Crippen molar-refractivity contribution in [2.24, 2.45) is 0 Å². The van der Waals surface area contributed by atoms with Gasteiger partial charge in [-0.1, -0.05) is 29.8 Å². The number of methoxy groups -OCH3 is 1. The summed E-state index contributed by atoms with van der Waals surface area (Å²) in [6.45, 7) is 4.12. The SMILES string of the molecule is COC(=O)c1ccc(C)c(C(OCCNC(C)=O)c2cccc(Cl)c2)c1. The van der Waals surface area contributed by atoms with Crippen molar-refractivity contribution in [2.75, 3.05) is 20.3 Å². The quantitative estimate of drug-likeness (QED) is 0.592. The van der Waals surface area contributed by atoms with E-state index in [2.05, 4.69) is 5.32 Å². The van der Waals surface area contributed by atoms with Gasteiger partial charge in [0, 0.05) is 18.5 Å². The topological polar surface area (TPSA) is 64.6 Å². The third kappa shape index (κ3) is 5.31. The molecule has 1 atom stereocenters. The van der Waals surface area contributed by atoms with Crippen LogP contribution in [0.4, 0.5) is 0 Å². The van der Waals surface area contributed by atoms with Gasteiger partial charge in [0.2, 0.25) is 5.91 Å². The number of benzene rings is 2. The van der Waals surface area contributed by atoms with E-state index in [1.165, 1.54) is 14.0 Å². The molecule has 0 saturated heterocycles. The number of hydrogen-bond donors (Lipinski definition) is 1. The van der Waals surface area contributed by atoms with Crippen LogP contribution in [-0.4, -0.2) is 32.1 Å². The highest BCUT2D eigenvalue weighted by molar-refractivity contribution is 6.30. The first-order valence-corrected chi connectivity index (χ1v) is 8.60.